The number of alkyl halides is 4. The van der Waals surface area contributed by atoms with E-state index in [2.05, 4.69) is 32.0 Å². The minimum Gasteiger partial charge on any atom is -0.368 e. The molecule has 1 N–H and O–H groups in total. The standard InChI is InChI=1S/C18H26F2N2.C9H12ClF2N/c1-13-8-10-16(11-9-13)21-17-7-5-6-15(3)22(17)12-14(2)18(4,19)20;1-6(2)8(7(3)10)5-13(4)9(11)12/h5-7,12-13,16,21H,3,8-11H2,1-2,4H3;5,9H,1,3H2,2,4H3/b14-12+;8-5-. The SMILES string of the molecule is C=C(C)/C(=C/N(C)C(F)F)C(=C)Cl.C=C1C=CC=C(NC2CCC(C)CC2)N1/C=C(\C)C(C)(F)F. The summed E-state index contributed by atoms with van der Waals surface area (Å²) in [7, 11) is 1.26. The zero-order valence-electron chi connectivity index (χ0n) is 21.4. The molecule has 2 aliphatic rings. The topological polar surface area (TPSA) is 18.5 Å². The van der Waals surface area contributed by atoms with Crippen molar-refractivity contribution in [1.82, 2.24) is 15.1 Å². The molecule has 1 saturated carbocycles. The number of nitrogens with one attached hydrogen (secondary N) is 1. The highest BCUT2D eigenvalue weighted by Gasteiger charge is 2.26. The van der Waals surface area contributed by atoms with E-state index < -0.39 is 12.5 Å². The van der Waals surface area contributed by atoms with Gasteiger partial charge in [0.15, 0.2) is 0 Å². The maximum atomic E-state index is 13.4. The van der Waals surface area contributed by atoms with Crippen LogP contribution in [0.1, 0.15) is 53.4 Å². The Morgan fingerprint density at radius 3 is 2.26 bits per heavy atom. The number of allylic oxidation sites excluding steroid dienone is 7. The summed E-state index contributed by atoms with van der Waals surface area (Å²) in [6.45, 7) is 14.8. The Morgan fingerprint density at radius 1 is 1.23 bits per heavy atom. The van der Waals surface area contributed by atoms with Crippen molar-refractivity contribution in [2.75, 3.05) is 7.05 Å². The lowest BCUT2D eigenvalue weighted by Crippen LogP contribution is -2.38. The molecule has 0 aromatic rings. The molecule has 0 amide bonds. The normalized spacial score (nSPS) is 21.3. The molecule has 35 heavy (non-hydrogen) atoms. The monoisotopic (exact) mass is 515 g/mol. The van der Waals surface area contributed by atoms with E-state index in [4.69, 9.17) is 11.6 Å². The number of nitrogens with zero attached hydrogens (tertiary/aromatic N) is 2. The van der Waals surface area contributed by atoms with E-state index in [1.54, 1.807) is 11.8 Å². The summed E-state index contributed by atoms with van der Waals surface area (Å²) in [6.07, 6.45) is 13.0. The van der Waals surface area contributed by atoms with Crippen molar-refractivity contribution in [3.63, 3.8) is 0 Å². The molecule has 0 radical (unpaired) electrons. The highest BCUT2D eigenvalue weighted by molar-refractivity contribution is 6.32. The first-order valence-electron chi connectivity index (χ1n) is 11.6. The predicted octanol–water partition coefficient (Wildman–Crippen LogP) is 8.29. The fraction of sp³-hybridized carbons (Fsp3) is 0.481. The summed E-state index contributed by atoms with van der Waals surface area (Å²) in [5.74, 6) is -1.21. The lowest BCUT2D eigenvalue weighted by molar-refractivity contribution is 0.0224. The van der Waals surface area contributed by atoms with E-state index in [9.17, 15) is 17.6 Å². The molecule has 1 aliphatic carbocycles. The van der Waals surface area contributed by atoms with Gasteiger partial charge >= 0.3 is 6.55 Å². The van der Waals surface area contributed by atoms with Crippen LogP contribution in [0.25, 0.3) is 0 Å². The molecule has 196 valence electrons. The number of rotatable bonds is 8. The van der Waals surface area contributed by atoms with E-state index in [1.165, 1.54) is 39.2 Å². The molecule has 3 nitrogen and oxygen atoms in total. The van der Waals surface area contributed by atoms with Gasteiger partial charge in [0.25, 0.3) is 5.92 Å². The average Bonchev–Trinajstić information content (AvgIpc) is 2.74. The first-order valence-corrected chi connectivity index (χ1v) is 11.9. The zero-order chi connectivity index (χ0) is 26.9. The van der Waals surface area contributed by atoms with Crippen molar-refractivity contribution in [2.45, 2.75) is 71.9 Å². The van der Waals surface area contributed by atoms with Gasteiger partial charge in [-0.05, 0) is 63.2 Å². The third-order valence-corrected chi connectivity index (χ3v) is 6.09. The predicted molar refractivity (Wildman–Crippen MR) is 139 cm³/mol. The summed E-state index contributed by atoms with van der Waals surface area (Å²) in [4.78, 5) is 2.47. The van der Waals surface area contributed by atoms with Crippen molar-refractivity contribution in [3.8, 4) is 0 Å². The van der Waals surface area contributed by atoms with Crippen LogP contribution in [0, 0.1) is 5.92 Å². The summed E-state index contributed by atoms with van der Waals surface area (Å²) in [5, 5.41) is 3.71. The highest BCUT2D eigenvalue weighted by Crippen LogP contribution is 2.28. The minimum absolute atomic E-state index is 0.0221. The van der Waals surface area contributed by atoms with Crippen LogP contribution in [0.5, 0.6) is 0 Å². The fourth-order valence-electron chi connectivity index (χ4n) is 3.43. The van der Waals surface area contributed by atoms with Gasteiger partial charge in [-0.1, -0.05) is 44.3 Å². The fourth-order valence-corrected chi connectivity index (χ4v) is 3.64. The number of hydrogen-bond donors (Lipinski definition) is 1. The van der Waals surface area contributed by atoms with Crippen LogP contribution in [-0.2, 0) is 0 Å². The van der Waals surface area contributed by atoms with Crippen molar-refractivity contribution >= 4 is 11.6 Å². The number of hydrogen-bond acceptors (Lipinski definition) is 3. The molecule has 0 aromatic heterocycles. The molecule has 1 fully saturated rings. The van der Waals surface area contributed by atoms with Gasteiger partial charge in [0.05, 0.1) is 0 Å². The molecule has 0 saturated heterocycles. The molecule has 0 spiro atoms. The summed E-state index contributed by atoms with van der Waals surface area (Å²) in [6, 6.07) is 0.403. The highest BCUT2D eigenvalue weighted by atomic mass is 35.5. The molecule has 2 rings (SSSR count). The van der Waals surface area contributed by atoms with Gasteiger partial charge in [-0.15, -0.1) is 0 Å². The molecule has 1 aliphatic heterocycles. The summed E-state index contributed by atoms with van der Waals surface area (Å²) < 4.78 is 51.1. The van der Waals surface area contributed by atoms with E-state index >= 15 is 0 Å². The Morgan fingerprint density at radius 2 is 1.80 bits per heavy atom. The molecule has 0 bridgehead atoms. The maximum absolute atomic E-state index is 13.4. The van der Waals surface area contributed by atoms with E-state index in [0.717, 1.165) is 36.4 Å². The molecule has 0 atom stereocenters. The van der Waals surface area contributed by atoms with Gasteiger partial charge in [0, 0.05) is 54.3 Å². The van der Waals surface area contributed by atoms with Gasteiger partial charge in [-0.25, -0.2) is 8.78 Å². The van der Waals surface area contributed by atoms with Gasteiger partial charge in [-0.3, -0.25) is 0 Å². The van der Waals surface area contributed by atoms with Crippen molar-refractivity contribution < 1.29 is 17.6 Å². The lowest BCUT2D eigenvalue weighted by Gasteiger charge is -2.34. The quantitative estimate of drug-likeness (QED) is 0.199. The van der Waals surface area contributed by atoms with Gasteiger partial charge < -0.3 is 15.1 Å². The average molecular weight is 516 g/mol. The Bertz CT molecular complexity index is 873. The molecule has 0 unspecified atom stereocenters. The van der Waals surface area contributed by atoms with Crippen LogP contribution in [0.15, 0.2) is 83.6 Å². The summed E-state index contributed by atoms with van der Waals surface area (Å²) >= 11 is 5.59. The van der Waals surface area contributed by atoms with Crippen LogP contribution in [0.4, 0.5) is 17.6 Å². The van der Waals surface area contributed by atoms with Crippen LogP contribution >= 0.6 is 11.6 Å². The second kappa shape index (κ2) is 13.6. The maximum Gasteiger partial charge on any atom is 0.314 e. The van der Waals surface area contributed by atoms with Gasteiger partial charge in [0.1, 0.15) is 5.82 Å². The Kier molecular flexibility index (Phi) is 11.9. The minimum atomic E-state index is -2.83. The molecule has 8 heteroatoms. The zero-order valence-corrected chi connectivity index (χ0v) is 22.1. The third kappa shape index (κ3) is 10.4. The summed E-state index contributed by atoms with van der Waals surface area (Å²) in [5.41, 5.74) is 1.75. The molecular weight excluding hydrogens is 478 g/mol. The van der Waals surface area contributed by atoms with Crippen LogP contribution in [-0.4, -0.2) is 35.4 Å². The van der Waals surface area contributed by atoms with E-state index in [0.29, 0.717) is 22.9 Å². The van der Waals surface area contributed by atoms with Crippen LogP contribution in [0.2, 0.25) is 0 Å². The van der Waals surface area contributed by atoms with Crippen molar-refractivity contribution in [1.29, 1.82) is 0 Å². The second-order valence-corrected chi connectivity index (χ2v) is 9.70. The first kappa shape index (κ1) is 30.6. The Labute approximate surface area is 212 Å². The second-order valence-electron chi connectivity index (χ2n) is 9.25. The van der Waals surface area contributed by atoms with Crippen LogP contribution in [0.3, 0.4) is 0 Å². The van der Waals surface area contributed by atoms with Crippen molar-refractivity contribution in [2.24, 2.45) is 5.92 Å². The molecule has 1 heterocycles. The van der Waals surface area contributed by atoms with Crippen LogP contribution < -0.4 is 5.32 Å². The first-order chi connectivity index (χ1) is 16.1. The van der Waals surface area contributed by atoms with E-state index in [1.807, 2.05) is 18.2 Å². The van der Waals surface area contributed by atoms with E-state index in [-0.39, 0.29) is 10.6 Å². The largest absolute Gasteiger partial charge is 0.368 e. The Balaban J connectivity index is 0.000000405. The lowest BCUT2D eigenvalue weighted by atomic mass is 9.87. The van der Waals surface area contributed by atoms with Crippen molar-refractivity contribution in [3.05, 3.63) is 83.6 Å². The van der Waals surface area contributed by atoms with Gasteiger partial charge in [-0.2, -0.15) is 8.78 Å². The number of halogens is 5. The van der Waals surface area contributed by atoms with Gasteiger partial charge in [0.2, 0.25) is 0 Å². The third-order valence-electron chi connectivity index (χ3n) is 5.89. The molecule has 0 aromatic carbocycles. The Hall–Kier alpha value is -2.41. The molecular formula is C27H38ClF4N3. The smallest absolute Gasteiger partial charge is 0.314 e.